The normalized spacial score (nSPS) is 17.1. The van der Waals surface area contributed by atoms with Crippen molar-refractivity contribution >= 4 is 17.7 Å². The van der Waals surface area contributed by atoms with Crippen molar-refractivity contribution < 1.29 is 4.74 Å². The van der Waals surface area contributed by atoms with Crippen molar-refractivity contribution in [1.82, 2.24) is 29.7 Å². The van der Waals surface area contributed by atoms with E-state index in [1.54, 1.807) is 13.3 Å². The lowest BCUT2D eigenvalue weighted by Gasteiger charge is -2.35. The number of hydrogen-bond donors (Lipinski definition) is 0. The summed E-state index contributed by atoms with van der Waals surface area (Å²) in [6.45, 7) is 6.01. The molecule has 0 radical (unpaired) electrons. The number of benzene rings is 2. The minimum absolute atomic E-state index is 0.122. The molecule has 0 N–H and O–H groups in total. The molecule has 3 heterocycles. The molecule has 1 unspecified atom stereocenters. The van der Waals surface area contributed by atoms with Gasteiger partial charge in [0, 0.05) is 31.6 Å². The van der Waals surface area contributed by atoms with Crippen molar-refractivity contribution in [2.24, 2.45) is 7.05 Å². The Balaban J connectivity index is 1.33. The first-order chi connectivity index (χ1) is 17.4. The van der Waals surface area contributed by atoms with Crippen LogP contribution in [0.25, 0.3) is 6.08 Å². The van der Waals surface area contributed by atoms with Gasteiger partial charge in [0.15, 0.2) is 0 Å². The average Bonchev–Trinajstić information content (AvgIpc) is 3.52. The van der Waals surface area contributed by atoms with E-state index in [-0.39, 0.29) is 11.6 Å². The second-order valence-electron chi connectivity index (χ2n) is 9.67. The first kappa shape index (κ1) is 24.3. The third-order valence-electron chi connectivity index (χ3n) is 7.12. The van der Waals surface area contributed by atoms with Gasteiger partial charge in [0.2, 0.25) is 0 Å². The summed E-state index contributed by atoms with van der Waals surface area (Å²) in [6, 6.07) is 16.9. The molecular formula is C28H31ClN6O. The van der Waals surface area contributed by atoms with Crippen molar-refractivity contribution in [1.29, 1.82) is 0 Å². The smallest absolute Gasteiger partial charge is 0.118 e. The quantitative estimate of drug-likeness (QED) is 0.328. The molecule has 0 bridgehead atoms. The van der Waals surface area contributed by atoms with Crippen LogP contribution in [-0.2, 0) is 25.6 Å². The Morgan fingerprint density at radius 1 is 1.11 bits per heavy atom. The Hall–Kier alpha value is -3.42. The van der Waals surface area contributed by atoms with Gasteiger partial charge >= 0.3 is 0 Å². The zero-order valence-corrected chi connectivity index (χ0v) is 21.9. The van der Waals surface area contributed by atoms with Crippen LogP contribution in [-0.4, -0.2) is 43.3 Å². The number of nitrogens with zero attached hydrogens (tertiary/aromatic N) is 6. The zero-order valence-electron chi connectivity index (χ0n) is 21.1. The van der Waals surface area contributed by atoms with Crippen LogP contribution in [0.2, 0.25) is 5.02 Å². The number of ether oxygens (including phenoxy) is 1. The number of hydrogen-bond acceptors (Lipinski definition) is 5. The summed E-state index contributed by atoms with van der Waals surface area (Å²) in [4.78, 5) is 2.53. The molecule has 4 aromatic rings. The molecule has 0 spiro atoms. The largest absolute Gasteiger partial charge is 0.497 e. The molecule has 2 aromatic heterocycles. The summed E-state index contributed by atoms with van der Waals surface area (Å²) in [5.74, 6) is 0.844. The summed E-state index contributed by atoms with van der Waals surface area (Å²) in [5.41, 5.74) is 5.60. The van der Waals surface area contributed by atoms with Crippen LogP contribution in [0.15, 0.2) is 67.0 Å². The van der Waals surface area contributed by atoms with Crippen LogP contribution in [0.4, 0.5) is 0 Å². The van der Waals surface area contributed by atoms with Gasteiger partial charge in [-0.25, -0.2) is 4.68 Å². The zero-order chi connectivity index (χ0) is 25.3. The van der Waals surface area contributed by atoms with Crippen LogP contribution in [0.3, 0.4) is 0 Å². The van der Waals surface area contributed by atoms with Gasteiger partial charge in [0.25, 0.3) is 0 Å². The highest BCUT2D eigenvalue weighted by Gasteiger charge is 2.43. The fourth-order valence-electron chi connectivity index (χ4n) is 5.15. The Kier molecular flexibility index (Phi) is 6.69. The SMILES string of the molecule is COc1ccc(Cn2cc(/C=C/CN3C(Cc4c(Cl)cnn4C)c4ccccc4C3(C)C)nn2)cc1. The highest BCUT2D eigenvalue weighted by Crippen LogP contribution is 2.47. The van der Waals surface area contributed by atoms with E-state index in [9.17, 15) is 0 Å². The van der Waals surface area contributed by atoms with E-state index in [0.717, 1.165) is 35.7 Å². The van der Waals surface area contributed by atoms with Gasteiger partial charge in [-0.05, 0) is 48.7 Å². The van der Waals surface area contributed by atoms with Crippen molar-refractivity contribution in [3.63, 3.8) is 0 Å². The Morgan fingerprint density at radius 3 is 2.61 bits per heavy atom. The summed E-state index contributed by atoms with van der Waals surface area (Å²) in [5, 5.41) is 13.7. The Bertz CT molecular complexity index is 1350. The molecule has 1 aliphatic rings. The van der Waals surface area contributed by atoms with Gasteiger partial charge < -0.3 is 4.74 Å². The van der Waals surface area contributed by atoms with Gasteiger partial charge in [-0.1, -0.05) is 59.3 Å². The molecule has 0 aliphatic carbocycles. The molecule has 5 rings (SSSR count). The van der Waals surface area contributed by atoms with Crippen LogP contribution in [0.1, 0.15) is 48.0 Å². The molecule has 2 aromatic carbocycles. The maximum absolute atomic E-state index is 6.49. The minimum Gasteiger partial charge on any atom is -0.497 e. The number of aromatic nitrogens is 5. The lowest BCUT2D eigenvalue weighted by atomic mass is 9.93. The van der Waals surface area contributed by atoms with Gasteiger partial charge in [0.05, 0.1) is 36.8 Å². The maximum Gasteiger partial charge on any atom is 0.118 e. The lowest BCUT2D eigenvalue weighted by molar-refractivity contribution is 0.109. The topological polar surface area (TPSA) is 61.0 Å². The highest BCUT2D eigenvalue weighted by atomic mass is 35.5. The van der Waals surface area contributed by atoms with Crippen LogP contribution in [0, 0.1) is 0 Å². The summed E-state index contributed by atoms with van der Waals surface area (Å²) < 4.78 is 8.97. The van der Waals surface area contributed by atoms with Crippen molar-refractivity contribution in [3.05, 3.63) is 100 Å². The Morgan fingerprint density at radius 2 is 1.89 bits per heavy atom. The van der Waals surface area contributed by atoms with E-state index in [2.05, 4.69) is 64.5 Å². The third-order valence-corrected chi connectivity index (χ3v) is 7.44. The van der Waals surface area contributed by atoms with Crippen molar-refractivity contribution in [2.45, 2.75) is 38.4 Å². The van der Waals surface area contributed by atoms with E-state index in [4.69, 9.17) is 16.3 Å². The number of aryl methyl sites for hydroxylation is 1. The van der Waals surface area contributed by atoms with Gasteiger partial charge in [-0.2, -0.15) is 5.10 Å². The second-order valence-corrected chi connectivity index (χ2v) is 10.1. The predicted octanol–water partition coefficient (Wildman–Crippen LogP) is 5.27. The molecule has 8 heteroatoms. The maximum atomic E-state index is 6.49. The van der Waals surface area contributed by atoms with Gasteiger partial charge in [-0.15, -0.1) is 5.10 Å². The molecule has 0 saturated heterocycles. The van der Waals surface area contributed by atoms with E-state index in [1.165, 1.54) is 11.1 Å². The van der Waals surface area contributed by atoms with E-state index in [1.807, 2.05) is 52.9 Å². The monoisotopic (exact) mass is 502 g/mol. The molecule has 186 valence electrons. The predicted molar refractivity (Wildman–Crippen MR) is 142 cm³/mol. The first-order valence-electron chi connectivity index (χ1n) is 12.1. The molecular weight excluding hydrogens is 472 g/mol. The summed E-state index contributed by atoms with van der Waals surface area (Å²) >= 11 is 6.49. The fraction of sp³-hybridized carbons (Fsp3) is 0.321. The fourth-order valence-corrected chi connectivity index (χ4v) is 5.40. The number of halogens is 1. The lowest BCUT2D eigenvalue weighted by Crippen LogP contribution is -2.38. The molecule has 0 fully saturated rings. The highest BCUT2D eigenvalue weighted by molar-refractivity contribution is 6.31. The minimum atomic E-state index is -0.122. The Labute approximate surface area is 217 Å². The van der Waals surface area contributed by atoms with E-state index >= 15 is 0 Å². The van der Waals surface area contributed by atoms with Gasteiger partial charge in [-0.3, -0.25) is 9.58 Å². The first-order valence-corrected chi connectivity index (χ1v) is 12.5. The number of methoxy groups -OCH3 is 1. The summed E-state index contributed by atoms with van der Waals surface area (Å²) in [7, 11) is 3.62. The molecule has 1 aliphatic heterocycles. The number of fused-ring (bicyclic) bond motifs is 1. The molecule has 7 nitrogen and oxygen atoms in total. The van der Waals surface area contributed by atoms with Crippen LogP contribution >= 0.6 is 11.6 Å². The standard InChI is InChI=1S/C28H31ClN6O/c1-28(2)24-10-6-5-9-23(24)26(16-27-25(29)17-30-33(27)3)35(28)15-7-8-21-19-34(32-31-21)18-20-11-13-22(36-4)14-12-20/h5-14,17,19,26H,15-16,18H2,1-4H3/b8-7+. The van der Waals surface area contributed by atoms with Crippen molar-refractivity contribution in [2.75, 3.05) is 13.7 Å². The van der Waals surface area contributed by atoms with E-state index < -0.39 is 0 Å². The number of rotatable bonds is 8. The van der Waals surface area contributed by atoms with Crippen LogP contribution < -0.4 is 4.74 Å². The van der Waals surface area contributed by atoms with Gasteiger partial charge in [0.1, 0.15) is 11.4 Å². The van der Waals surface area contributed by atoms with Crippen LogP contribution in [0.5, 0.6) is 5.75 Å². The average molecular weight is 503 g/mol. The van der Waals surface area contributed by atoms with Crippen molar-refractivity contribution in [3.8, 4) is 5.75 Å². The van der Waals surface area contributed by atoms with E-state index in [0.29, 0.717) is 11.6 Å². The molecule has 0 saturated carbocycles. The molecule has 0 amide bonds. The molecule has 36 heavy (non-hydrogen) atoms. The third kappa shape index (κ3) is 4.68. The summed E-state index contributed by atoms with van der Waals surface area (Å²) in [6.07, 6.45) is 8.71. The molecule has 1 atom stereocenters. The second kappa shape index (κ2) is 9.91.